The Hall–Kier alpha value is -3.05. The summed E-state index contributed by atoms with van der Waals surface area (Å²) in [7, 11) is 1.61. The Morgan fingerprint density at radius 2 is 2.00 bits per heavy atom. The van der Waals surface area contributed by atoms with Crippen molar-refractivity contribution in [1.29, 1.82) is 0 Å². The summed E-state index contributed by atoms with van der Waals surface area (Å²) in [4.78, 5) is 34.5. The molecule has 1 saturated heterocycles. The van der Waals surface area contributed by atoms with Gasteiger partial charge in [0.1, 0.15) is 10.8 Å². The van der Waals surface area contributed by atoms with Crippen LogP contribution in [-0.2, 0) is 17.7 Å². The first-order valence-corrected chi connectivity index (χ1v) is 14.2. The maximum Gasteiger partial charge on any atom is 0.262 e. The van der Waals surface area contributed by atoms with E-state index in [2.05, 4.69) is 25.9 Å². The topological polar surface area (TPSA) is 112 Å². The first kappa shape index (κ1) is 26.2. The third kappa shape index (κ3) is 4.80. The lowest BCUT2D eigenvalue weighted by atomic mass is 9.73. The number of halogens is 1. The minimum Gasteiger partial charge on any atom is -0.380 e. The zero-order valence-corrected chi connectivity index (χ0v) is 23.5. The molecule has 3 aromatic heterocycles. The maximum absolute atomic E-state index is 13.1. The summed E-state index contributed by atoms with van der Waals surface area (Å²) in [6.07, 6.45) is 9.75. The molecule has 1 aliphatic carbocycles. The fourth-order valence-corrected chi connectivity index (χ4v) is 6.83. The van der Waals surface area contributed by atoms with Crippen molar-refractivity contribution >= 4 is 40.1 Å². The van der Waals surface area contributed by atoms with Crippen LogP contribution in [0.4, 0.5) is 5.82 Å². The highest BCUT2D eigenvalue weighted by atomic mass is 35.5. The lowest BCUT2D eigenvalue weighted by Crippen LogP contribution is -2.44. The van der Waals surface area contributed by atoms with Gasteiger partial charge in [0.15, 0.2) is 0 Å². The number of hydrogen-bond acceptors (Lipinski definition) is 9. The Balaban J connectivity index is 1.16. The van der Waals surface area contributed by atoms with Gasteiger partial charge in [-0.15, -0.1) is 0 Å². The monoisotopic (exact) mass is 563 g/mol. The van der Waals surface area contributed by atoms with Crippen LogP contribution in [0.15, 0.2) is 63.9 Å². The second-order valence-electron chi connectivity index (χ2n) is 10.4. The molecule has 1 aromatic carbocycles. The van der Waals surface area contributed by atoms with E-state index in [0.717, 1.165) is 48.8 Å². The lowest BCUT2D eigenvalue weighted by molar-refractivity contribution is 0.102. The van der Waals surface area contributed by atoms with E-state index in [0.29, 0.717) is 27.5 Å². The molecular formula is C28H30ClN7O2S. The molecule has 1 unspecified atom stereocenters. The van der Waals surface area contributed by atoms with Crippen molar-refractivity contribution in [3.8, 4) is 0 Å². The molecule has 0 radical (unpaired) electrons. The van der Waals surface area contributed by atoms with Gasteiger partial charge in [-0.1, -0.05) is 29.4 Å². The molecule has 1 aliphatic heterocycles. The van der Waals surface area contributed by atoms with Gasteiger partial charge in [0.2, 0.25) is 0 Å². The molecule has 6 rings (SSSR count). The molecule has 1 fully saturated rings. The molecule has 2 aliphatic rings. The second-order valence-corrected chi connectivity index (χ2v) is 11.8. The molecule has 1 spiro atoms. The van der Waals surface area contributed by atoms with E-state index in [1.807, 2.05) is 31.3 Å². The van der Waals surface area contributed by atoms with Crippen LogP contribution in [0.2, 0.25) is 5.02 Å². The number of anilines is 1. The maximum atomic E-state index is 13.1. The van der Waals surface area contributed by atoms with E-state index >= 15 is 0 Å². The normalized spacial score (nSPS) is 19.0. The van der Waals surface area contributed by atoms with Crippen molar-refractivity contribution in [2.24, 2.45) is 11.1 Å². The van der Waals surface area contributed by atoms with Gasteiger partial charge in [-0.25, -0.2) is 15.0 Å². The number of pyridine rings is 1. The standard InChI is InChI=1S/C28H30ClN7O2S/c1-17(38-2)15-36-16-34-19-5-6-21(25(29)24(19)27(36)37)39-23-14-32-22(13-33-23)35-10-7-28(8-11-35)12-20-18(26(28)30)4-3-9-31-20/h3-6,9,13-14,16-17,26H,7-8,10-12,15,30H2,1-2H3/t17?,26-/m1/s1. The van der Waals surface area contributed by atoms with Crippen LogP contribution in [-0.4, -0.2) is 50.8 Å². The Bertz CT molecular complexity index is 1570. The van der Waals surface area contributed by atoms with Crippen molar-refractivity contribution < 1.29 is 4.74 Å². The van der Waals surface area contributed by atoms with Gasteiger partial charge >= 0.3 is 0 Å². The smallest absolute Gasteiger partial charge is 0.262 e. The van der Waals surface area contributed by atoms with E-state index < -0.39 is 0 Å². The van der Waals surface area contributed by atoms with Crippen LogP contribution >= 0.6 is 23.4 Å². The van der Waals surface area contributed by atoms with E-state index in [9.17, 15) is 4.79 Å². The van der Waals surface area contributed by atoms with Crippen LogP contribution in [0.25, 0.3) is 10.9 Å². The Kier molecular flexibility index (Phi) is 7.05. The number of nitrogens with two attached hydrogens (primary N) is 1. The predicted molar refractivity (Wildman–Crippen MR) is 152 cm³/mol. The fourth-order valence-electron chi connectivity index (χ4n) is 5.71. The van der Waals surface area contributed by atoms with Crippen molar-refractivity contribution in [1.82, 2.24) is 24.5 Å². The minimum absolute atomic E-state index is 0.0302. The van der Waals surface area contributed by atoms with Crippen molar-refractivity contribution in [3.05, 3.63) is 75.8 Å². The van der Waals surface area contributed by atoms with Crippen molar-refractivity contribution in [3.63, 3.8) is 0 Å². The van der Waals surface area contributed by atoms with Crippen LogP contribution in [0.5, 0.6) is 0 Å². The Morgan fingerprint density at radius 1 is 1.18 bits per heavy atom. The predicted octanol–water partition coefficient (Wildman–Crippen LogP) is 4.26. The Labute approximate surface area is 235 Å². The minimum atomic E-state index is -0.193. The lowest BCUT2D eigenvalue weighted by Gasteiger charge is -2.42. The van der Waals surface area contributed by atoms with Gasteiger partial charge in [0, 0.05) is 43.0 Å². The number of fused-ring (bicyclic) bond motifs is 2. The number of piperidine rings is 1. The average molecular weight is 564 g/mol. The molecule has 202 valence electrons. The highest BCUT2D eigenvalue weighted by Gasteiger charge is 2.46. The van der Waals surface area contributed by atoms with E-state index in [-0.39, 0.29) is 23.1 Å². The van der Waals surface area contributed by atoms with Crippen molar-refractivity contribution in [2.75, 3.05) is 25.1 Å². The van der Waals surface area contributed by atoms with Gasteiger partial charge in [-0.2, -0.15) is 0 Å². The summed E-state index contributed by atoms with van der Waals surface area (Å²) in [6, 6.07) is 7.79. The van der Waals surface area contributed by atoms with Gasteiger partial charge in [-0.05, 0) is 55.4 Å². The van der Waals surface area contributed by atoms with E-state index in [1.54, 1.807) is 19.5 Å². The van der Waals surface area contributed by atoms with Crippen LogP contribution in [0, 0.1) is 5.41 Å². The quantitative estimate of drug-likeness (QED) is 0.367. The highest BCUT2D eigenvalue weighted by Crippen LogP contribution is 2.50. The summed E-state index contributed by atoms with van der Waals surface area (Å²) in [5.41, 5.74) is 9.46. The highest BCUT2D eigenvalue weighted by molar-refractivity contribution is 7.99. The summed E-state index contributed by atoms with van der Waals surface area (Å²) < 4.78 is 6.83. The van der Waals surface area contributed by atoms with Crippen LogP contribution in [0.3, 0.4) is 0 Å². The van der Waals surface area contributed by atoms with Gasteiger partial charge in [-0.3, -0.25) is 14.3 Å². The second kappa shape index (κ2) is 10.5. The number of benzene rings is 1. The molecule has 39 heavy (non-hydrogen) atoms. The van der Waals surface area contributed by atoms with Crippen LogP contribution < -0.4 is 16.2 Å². The Morgan fingerprint density at radius 3 is 2.72 bits per heavy atom. The van der Waals surface area contributed by atoms with Gasteiger partial charge < -0.3 is 15.4 Å². The zero-order valence-electron chi connectivity index (χ0n) is 21.9. The van der Waals surface area contributed by atoms with Crippen LogP contribution in [0.1, 0.15) is 37.1 Å². The van der Waals surface area contributed by atoms with Crippen molar-refractivity contribution in [2.45, 2.75) is 54.8 Å². The molecule has 4 heterocycles. The number of hydrogen-bond donors (Lipinski definition) is 1. The summed E-state index contributed by atoms with van der Waals surface area (Å²) in [5.74, 6) is 0.848. The number of nitrogens with zero attached hydrogens (tertiary/aromatic N) is 6. The third-order valence-corrected chi connectivity index (χ3v) is 9.59. The van der Waals surface area contributed by atoms with Gasteiger partial charge in [0.25, 0.3) is 5.56 Å². The molecule has 0 saturated carbocycles. The molecule has 4 aromatic rings. The third-order valence-electron chi connectivity index (χ3n) is 8.10. The summed E-state index contributed by atoms with van der Waals surface area (Å²) in [6.45, 7) is 4.04. The van der Waals surface area contributed by atoms with E-state index in [1.165, 1.54) is 28.2 Å². The molecule has 0 bridgehead atoms. The molecule has 9 nitrogen and oxygen atoms in total. The molecule has 2 N–H and O–H groups in total. The molecule has 2 atom stereocenters. The fraction of sp³-hybridized carbons (Fsp3) is 0.393. The first-order valence-electron chi connectivity index (χ1n) is 13.0. The molecule has 11 heteroatoms. The zero-order chi connectivity index (χ0) is 27.1. The first-order chi connectivity index (χ1) is 18.9. The number of methoxy groups -OCH3 is 1. The summed E-state index contributed by atoms with van der Waals surface area (Å²) >= 11 is 8.10. The number of rotatable bonds is 6. The molecule has 0 amide bonds. The largest absolute Gasteiger partial charge is 0.380 e. The summed E-state index contributed by atoms with van der Waals surface area (Å²) in [5, 5.41) is 1.46. The van der Waals surface area contributed by atoms with Gasteiger partial charge in [0.05, 0.1) is 47.3 Å². The molecular weight excluding hydrogens is 534 g/mol. The number of aromatic nitrogens is 5. The number of ether oxygens (including phenoxy) is 1. The SMILES string of the molecule is COC(C)Cn1cnc2ccc(Sc3cnc(N4CCC5(CC4)Cc4ncccc4[C@H]5N)cn3)c(Cl)c2c1=O. The van der Waals surface area contributed by atoms with E-state index in [4.69, 9.17) is 27.1 Å². The average Bonchev–Trinajstić information content (AvgIpc) is 3.23.